The van der Waals surface area contributed by atoms with Crippen LogP contribution in [0.5, 0.6) is 11.5 Å². The minimum absolute atomic E-state index is 0.0571. The third kappa shape index (κ3) is 3.34. The van der Waals surface area contributed by atoms with E-state index in [9.17, 15) is 4.79 Å². The van der Waals surface area contributed by atoms with Crippen LogP contribution in [0.3, 0.4) is 0 Å². The van der Waals surface area contributed by atoms with Crippen LogP contribution in [0, 0.1) is 6.92 Å². The summed E-state index contributed by atoms with van der Waals surface area (Å²) in [5, 5.41) is 4.53. The van der Waals surface area contributed by atoms with Gasteiger partial charge in [-0.2, -0.15) is 5.10 Å². The summed E-state index contributed by atoms with van der Waals surface area (Å²) in [5.74, 6) is 1.77. The van der Waals surface area contributed by atoms with Gasteiger partial charge in [-0.05, 0) is 56.7 Å². The first-order valence-electron chi connectivity index (χ1n) is 11.3. The number of hydrogen-bond acceptors (Lipinski definition) is 4. The topological polar surface area (TPSA) is 56.6 Å². The molecule has 0 N–H and O–H groups in total. The van der Waals surface area contributed by atoms with Crippen LogP contribution in [0.15, 0.2) is 48.7 Å². The van der Waals surface area contributed by atoms with Crippen molar-refractivity contribution in [3.05, 3.63) is 65.4 Å². The molecular weight excluding hydrogens is 402 g/mol. The van der Waals surface area contributed by atoms with Crippen LogP contribution in [0.4, 0.5) is 0 Å². The van der Waals surface area contributed by atoms with Crippen LogP contribution >= 0.6 is 0 Å². The fraction of sp³-hybridized carbons (Fsp3) is 0.385. The molecule has 1 aromatic heterocycles. The van der Waals surface area contributed by atoms with Gasteiger partial charge in [-0.3, -0.25) is 9.48 Å². The molecule has 1 spiro atoms. The molecule has 0 aliphatic carbocycles. The van der Waals surface area contributed by atoms with E-state index in [0.29, 0.717) is 18.7 Å². The van der Waals surface area contributed by atoms with E-state index in [1.165, 1.54) is 0 Å². The zero-order valence-corrected chi connectivity index (χ0v) is 19.1. The number of rotatable bonds is 3. The van der Waals surface area contributed by atoms with Gasteiger partial charge in [-0.25, -0.2) is 0 Å². The molecule has 6 nitrogen and oxygen atoms in total. The van der Waals surface area contributed by atoms with Gasteiger partial charge < -0.3 is 14.4 Å². The van der Waals surface area contributed by atoms with Gasteiger partial charge in [0.1, 0.15) is 17.1 Å². The fourth-order valence-corrected chi connectivity index (χ4v) is 4.90. The van der Waals surface area contributed by atoms with Crippen LogP contribution in [0.2, 0.25) is 0 Å². The molecule has 32 heavy (non-hydrogen) atoms. The number of aromatic nitrogens is 2. The summed E-state index contributed by atoms with van der Waals surface area (Å²) in [6, 6.07) is 13.8. The lowest BCUT2D eigenvalue weighted by atomic mass is 9.81. The molecule has 0 bridgehead atoms. The van der Waals surface area contributed by atoms with E-state index in [1.807, 2.05) is 80.0 Å². The molecule has 1 fully saturated rings. The van der Waals surface area contributed by atoms with Gasteiger partial charge in [0.05, 0.1) is 18.0 Å². The van der Waals surface area contributed by atoms with Gasteiger partial charge in [0.25, 0.3) is 5.91 Å². The number of ether oxygens (including phenoxy) is 2. The summed E-state index contributed by atoms with van der Waals surface area (Å²) >= 11 is 0. The Morgan fingerprint density at radius 1 is 1.16 bits per heavy atom. The Morgan fingerprint density at radius 3 is 2.62 bits per heavy atom. The molecular formula is C26H29N3O3. The Bertz CT molecular complexity index is 1170. The molecule has 0 saturated carbocycles. The Hall–Kier alpha value is -3.28. The summed E-state index contributed by atoms with van der Waals surface area (Å²) in [4.78, 5) is 15.2. The number of benzene rings is 2. The molecule has 5 rings (SSSR count). The van der Waals surface area contributed by atoms with Crippen molar-refractivity contribution in [1.82, 2.24) is 14.7 Å². The summed E-state index contributed by atoms with van der Waals surface area (Å²) < 4.78 is 14.3. The van der Waals surface area contributed by atoms with Crippen LogP contribution in [-0.4, -0.2) is 39.8 Å². The van der Waals surface area contributed by atoms with E-state index in [2.05, 4.69) is 11.2 Å². The van der Waals surface area contributed by atoms with Crippen molar-refractivity contribution < 1.29 is 14.3 Å². The minimum atomic E-state index is -0.445. The van der Waals surface area contributed by atoms with E-state index in [0.717, 1.165) is 46.7 Å². The highest BCUT2D eigenvalue weighted by molar-refractivity contribution is 5.94. The lowest BCUT2D eigenvalue weighted by Crippen LogP contribution is -2.49. The van der Waals surface area contributed by atoms with Crippen LogP contribution < -0.4 is 9.47 Å². The molecule has 0 radical (unpaired) electrons. The second-order valence-electron chi connectivity index (χ2n) is 9.06. The molecule has 166 valence electrons. The molecule has 2 aliphatic heterocycles. The molecule has 1 amide bonds. The van der Waals surface area contributed by atoms with E-state index in [4.69, 9.17) is 9.47 Å². The second-order valence-corrected chi connectivity index (χ2v) is 9.06. The normalized spacial score (nSPS) is 16.5. The van der Waals surface area contributed by atoms with E-state index in [1.54, 1.807) is 0 Å². The standard InChI is InChI=1S/C26H29N3O3/c1-17(2)31-22-10-9-19(15-18(22)3)25(30)29-13-11-26(12-14-29)21-16-27-28(4)24(21)20-7-5-6-8-23(20)32-26/h5-10,15-17H,11-14H2,1-4H3. The van der Waals surface area contributed by atoms with Crippen molar-refractivity contribution in [3.63, 3.8) is 0 Å². The van der Waals surface area contributed by atoms with Crippen LogP contribution in [0.1, 0.15) is 48.2 Å². The lowest BCUT2D eigenvalue weighted by Gasteiger charge is -2.44. The maximum Gasteiger partial charge on any atom is 0.253 e. The van der Waals surface area contributed by atoms with E-state index in [-0.39, 0.29) is 12.0 Å². The summed E-state index contributed by atoms with van der Waals surface area (Å²) in [5.41, 5.74) is 4.54. The molecule has 3 aromatic rings. The number of carbonyl (C=O) groups is 1. The van der Waals surface area contributed by atoms with Gasteiger partial charge in [-0.1, -0.05) is 12.1 Å². The number of piperidine rings is 1. The van der Waals surface area contributed by atoms with Crippen LogP contribution in [-0.2, 0) is 12.6 Å². The van der Waals surface area contributed by atoms with Crippen molar-refractivity contribution in [2.24, 2.45) is 7.05 Å². The smallest absolute Gasteiger partial charge is 0.253 e. The zero-order valence-electron chi connectivity index (χ0n) is 19.1. The number of nitrogens with zero attached hydrogens (tertiary/aromatic N) is 3. The van der Waals surface area contributed by atoms with E-state index < -0.39 is 5.60 Å². The number of para-hydroxylation sites is 1. The molecule has 6 heteroatoms. The Labute approximate surface area is 188 Å². The highest BCUT2D eigenvalue weighted by Gasteiger charge is 2.45. The number of amides is 1. The first-order valence-corrected chi connectivity index (χ1v) is 11.3. The third-order valence-corrected chi connectivity index (χ3v) is 6.52. The first-order chi connectivity index (χ1) is 15.4. The maximum atomic E-state index is 13.2. The molecule has 0 unspecified atom stereocenters. The maximum absolute atomic E-state index is 13.2. The Kier molecular flexibility index (Phi) is 4.96. The molecule has 2 aliphatic rings. The van der Waals surface area contributed by atoms with Crippen LogP contribution in [0.25, 0.3) is 11.3 Å². The Morgan fingerprint density at radius 2 is 1.91 bits per heavy atom. The highest BCUT2D eigenvalue weighted by Crippen LogP contribution is 2.49. The van der Waals surface area contributed by atoms with Crippen molar-refractivity contribution in [2.45, 2.75) is 45.3 Å². The van der Waals surface area contributed by atoms with Crippen molar-refractivity contribution >= 4 is 5.91 Å². The van der Waals surface area contributed by atoms with Crippen molar-refractivity contribution in [2.75, 3.05) is 13.1 Å². The third-order valence-electron chi connectivity index (χ3n) is 6.52. The Balaban J connectivity index is 1.36. The molecule has 1 saturated heterocycles. The number of fused-ring (bicyclic) bond motifs is 4. The van der Waals surface area contributed by atoms with Crippen molar-refractivity contribution in [1.29, 1.82) is 0 Å². The fourth-order valence-electron chi connectivity index (χ4n) is 4.90. The predicted octanol–water partition coefficient (Wildman–Crippen LogP) is 4.71. The zero-order chi connectivity index (χ0) is 22.5. The van der Waals surface area contributed by atoms with Crippen molar-refractivity contribution in [3.8, 4) is 22.8 Å². The highest BCUT2D eigenvalue weighted by atomic mass is 16.5. The van der Waals surface area contributed by atoms with Gasteiger partial charge in [0.15, 0.2) is 0 Å². The lowest BCUT2D eigenvalue weighted by molar-refractivity contribution is -0.00172. The minimum Gasteiger partial charge on any atom is -0.491 e. The SMILES string of the molecule is Cc1cc(C(=O)N2CCC3(CC2)Oc2ccccc2-c2c3cnn2C)ccc1OC(C)C. The average Bonchev–Trinajstić information content (AvgIpc) is 3.18. The average molecular weight is 432 g/mol. The number of carbonyl (C=O) groups excluding carboxylic acids is 1. The quantitative estimate of drug-likeness (QED) is 0.603. The number of hydrogen-bond donors (Lipinski definition) is 0. The monoisotopic (exact) mass is 431 g/mol. The van der Waals surface area contributed by atoms with Gasteiger partial charge in [0, 0.05) is 49.7 Å². The van der Waals surface area contributed by atoms with E-state index >= 15 is 0 Å². The molecule has 2 aromatic carbocycles. The second kappa shape index (κ2) is 7.69. The molecule has 0 atom stereocenters. The number of aryl methyl sites for hydroxylation is 2. The van der Waals surface area contributed by atoms with Gasteiger partial charge in [-0.15, -0.1) is 0 Å². The summed E-state index contributed by atoms with van der Waals surface area (Å²) in [6.07, 6.45) is 3.50. The first kappa shape index (κ1) is 20.6. The summed E-state index contributed by atoms with van der Waals surface area (Å²) in [7, 11) is 1.97. The van der Waals surface area contributed by atoms with Gasteiger partial charge >= 0.3 is 0 Å². The summed E-state index contributed by atoms with van der Waals surface area (Å²) in [6.45, 7) is 7.26. The predicted molar refractivity (Wildman–Crippen MR) is 123 cm³/mol. The van der Waals surface area contributed by atoms with Gasteiger partial charge in [0.2, 0.25) is 0 Å². The largest absolute Gasteiger partial charge is 0.491 e. The molecule has 3 heterocycles. The number of likely N-dealkylation sites (tertiary alicyclic amines) is 1.